The van der Waals surface area contributed by atoms with Gasteiger partial charge in [0.15, 0.2) is 16.4 Å². The number of anilines is 1. The molecular formula is C18H19ClN4OS. The van der Waals surface area contributed by atoms with Gasteiger partial charge in [0, 0.05) is 35.3 Å². The fraction of sp³-hybridized carbons (Fsp3) is 0.167. The first-order chi connectivity index (χ1) is 11.9. The van der Waals surface area contributed by atoms with E-state index in [-0.39, 0.29) is 5.78 Å². The average Bonchev–Trinajstić information content (AvgIpc) is 2.95. The Hall–Kier alpha value is -2.44. The molecule has 0 unspecified atom stereocenters. The van der Waals surface area contributed by atoms with Gasteiger partial charge in [-0.2, -0.15) is 5.10 Å². The minimum absolute atomic E-state index is 0.154. The van der Waals surface area contributed by atoms with Crippen LogP contribution in [-0.4, -0.2) is 20.5 Å². The second kappa shape index (κ2) is 8.60. The van der Waals surface area contributed by atoms with Gasteiger partial charge in [-0.05, 0) is 48.6 Å². The first-order valence-corrected chi connectivity index (χ1v) is 8.47. The van der Waals surface area contributed by atoms with Crippen LogP contribution in [0.5, 0.6) is 0 Å². The number of aromatic nitrogens is 3. The van der Waals surface area contributed by atoms with E-state index in [1.807, 2.05) is 42.8 Å². The van der Waals surface area contributed by atoms with E-state index in [1.54, 1.807) is 24.3 Å². The number of nitrogens with two attached hydrogens (primary N) is 1. The predicted molar refractivity (Wildman–Crippen MR) is 104 cm³/mol. The highest BCUT2D eigenvalue weighted by atomic mass is 35.5. The van der Waals surface area contributed by atoms with Gasteiger partial charge in [0.1, 0.15) is 0 Å². The summed E-state index contributed by atoms with van der Waals surface area (Å²) in [5, 5.41) is 7.51. The molecule has 2 aromatic carbocycles. The van der Waals surface area contributed by atoms with Gasteiger partial charge in [-0.15, -0.1) is 0 Å². The lowest BCUT2D eigenvalue weighted by Crippen LogP contribution is -1.94. The SMILES string of the molecule is CCC(=O)c1ccc(Cl)cc1.Cn1c(-c2cccc(N)c2)n[nH]c1=S. The maximum absolute atomic E-state index is 11.1. The third-order valence-electron chi connectivity index (χ3n) is 3.51. The number of hydrogen-bond donors (Lipinski definition) is 2. The zero-order valence-electron chi connectivity index (χ0n) is 14.0. The Labute approximate surface area is 156 Å². The Balaban J connectivity index is 0.000000186. The van der Waals surface area contributed by atoms with E-state index in [2.05, 4.69) is 10.2 Å². The van der Waals surface area contributed by atoms with E-state index in [9.17, 15) is 4.79 Å². The number of hydrogen-bond acceptors (Lipinski definition) is 4. The van der Waals surface area contributed by atoms with Crippen molar-refractivity contribution in [2.75, 3.05) is 5.73 Å². The molecule has 1 aromatic heterocycles. The molecule has 5 nitrogen and oxygen atoms in total. The molecule has 1 heterocycles. The zero-order chi connectivity index (χ0) is 18.4. The summed E-state index contributed by atoms with van der Waals surface area (Å²) in [5.74, 6) is 0.948. The number of rotatable bonds is 3. The Kier molecular flexibility index (Phi) is 6.50. The van der Waals surface area contributed by atoms with Gasteiger partial charge in [-0.25, -0.2) is 0 Å². The lowest BCUT2D eigenvalue weighted by Gasteiger charge is -2.00. The number of carbonyl (C=O) groups is 1. The number of nitrogen functional groups attached to an aromatic ring is 1. The van der Waals surface area contributed by atoms with Gasteiger partial charge < -0.3 is 10.3 Å². The van der Waals surface area contributed by atoms with Crippen molar-refractivity contribution in [2.24, 2.45) is 7.05 Å². The maximum Gasteiger partial charge on any atom is 0.195 e. The highest BCUT2D eigenvalue weighted by Crippen LogP contribution is 2.18. The van der Waals surface area contributed by atoms with E-state index in [0.717, 1.165) is 22.6 Å². The Morgan fingerprint density at radius 3 is 2.48 bits per heavy atom. The molecule has 7 heteroatoms. The maximum atomic E-state index is 11.1. The number of nitrogens with one attached hydrogen (secondary N) is 1. The Bertz CT molecular complexity index is 915. The van der Waals surface area contributed by atoms with Crippen LogP contribution in [0.25, 0.3) is 11.4 Å². The molecule has 0 aliphatic carbocycles. The van der Waals surface area contributed by atoms with E-state index in [0.29, 0.717) is 16.2 Å². The van der Waals surface area contributed by atoms with Crippen molar-refractivity contribution in [3.63, 3.8) is 0 Å². The number of nitrogens with zero attached hydrogens (tertiary/aromatic N) is 2. The fourth-order valence-corrected chi connectivity index (χ4v) is 2.38. The predicted octanol–water partition coefficient (Wildman–Crippen LogP) is 4.66. The zero-order valence-corrected chi connectivity index (χ0v) is 15.6. The molecule has 0 bridgehead atoms. The highest BCUT2D eigenvalue weighted by Gasteiger charge is 2.04. The van der Waals surface area contributed by atoms with E-state index in [1.165, 1.54) is 0 Å². The summed E-state index contributed by atoms with van der Waals surface area (Å²) in [6.45, 7) is 1.84. The van der Waals surface area contributed by atoms with Gasteiger partial charge in [0.25, 0.3) is 0 Å². The van der Waals surface area contributed by atoms with Gasteiger partial charge in [-0.1, -0.05) is 30.7 Å². The topological polar surface area (TPSA) is 76.7 Å². The molecule has 3 N–H and O–H groups in total. The fourth-order valence-electron chi connectivity index (χ4n) is 2.12. The average molecular weight is 375 g/mol. The van der Waals surface area contributed by atoms with Crippen LogP contribution in [-0.2, 0) is 7.05 Å². The number of halogens is 1. The van der Waals surface area contributed by atoms with Gasteiger partial charge in [0.2, 0.25) is 0 Å². The number of carbonyl (C=O) groups excluding carboxylic acids is 1. The van der Waals surface area contributed by atoms with Crippen LogP contribution in [0.1, 0.15) is 23.7 Å². The van der Waals surface area contributed by atoms with Crippen molar-refractivity contribution in [1.29, 1.82) is 0 Å². The monoisotopic (exact) mass is 374 g/mol. The number of aromatic amines is 1. The number of Topliss-reactive ketones (excluding diaryl/α,β-unsaturated/α-hetero) is 1. The van der Waals surface area contributed by atoms with Crippen LogP contribution in [0.15, 0.2) is 48.5 Å². The first kappa shape index (κ1) is 18.9. The van der Waals surface area contributed by atoms with Crippen molar-refractivity contribution in [2.45, 2.75) is 13.3 Å². The Morgan fingerprint density at radius 2 is 1.96 bits per heavy atom. The lowest BCUT2D eigenvalue weighted by molar-refractivity contribution is 0.0988. The van der Waals surface area contributed by atoms with Crippen molar-refractivity contribution >= 4 is 35.3 Å². The van der Waals surface area contributed by atoms with Crippen LogP contribution >= 0.6 is 23.8 Å². The second-order valence-corrected chi connectivity index (χ2v) is 6.14. The summed E-state index contributed by atoms with van der Waals surface area (Å²) in [5.41, 5.74) is 8.09. The minimum Gasteiger partial charge on any atom is -0.399 e. The molecule has 0 fully saturated rings. The number of H-pyrrole nitrogens is 1. The molecule has 0 spiro atoms. The summed E-state index contributed by atoms with van der Waals surface area (Å²) in [6.07, 6.45) is 0.543. The molecular weight excluding hydrogens is 356 g/mol. The largest absolute Gasteiger partial charge is 0.399 e. The van der Waals surface area contributed by atoms with Crippen molar-refractivity contribution in [1.82, 2.24) is 14.8 Å². The minimum atomic E-state index is 0.154. The third-order valence-corrected chi connectivity index (χ3v) is 4.13. The summed E-state index contributed by atoms with van der Waals surface area (Å²) < 4.78 is 2.41. The number of ketones is 1. The van der Waals surface area contributed by atoms with Crippen LogP contribution in [0.2, 0.25) is 5.02 Å². The van der Waals surface area contributed by atoms with E-state index < -0.39 is 0 Å². The lowest BCUT2D eigenvalue weighted by atomic mass is 10.1. The van der Waals surface area contributed by atoms with Gasteiger partial charge in [0.05, 0.1) is 0 Å². The van der Waals surface area contributed by atoms with Crippen molar-refractivity contribution in [3.8, 4) is 11.4 Å². The van der Waals surface area contributed by atoms with Crippen molar-refractivity contribution in [3.05, 3.63) is 63.9 Å². The van der Waals surface area contributed by atoms with Gasteiger partial charge in [-0.3, -0.25) is 9.89 Å². The molecule has 3 rings (SSSR count). The molecule has 130 valence electrons. The summed E-state index contributed by atoms with van der Waals surface area (Å²) in [6, 6.07) is 14.5. The third kappa shape index (κ3) is 5.01. The van der Waals surface area contributed by atoms with Crippen LogP contribution in [0.4, 0.5) is 5.69 Å². The smallest absolute Gasteiger partial charge is 0.195 e. The molecule has 0 aliphatic heterocycles. The molecule has 0 saturated carbocycles. The second-order valence-electron chi connectivity index (χ2n) is 5.32. The molecule has 0 aliphatic rings. The van der Waals surface area contributed by atoms with E-state index >= 15 is 0 Å². The van der Waals surface area contributed by atoms with E-state index in [4.69, 9.17) is 29.6 Å². The van der Waals surface area contributed by atoms with Gasteiger partial charge >= 0.3 is 0 Å². The molecule has 3 aromatic rings. The van der Waals surface area contributed by atoms with Crippen LogP contribution in [0, 0.1) is 4.77 Å². The molecule has 0 radical (unpaired) electrons. The Morgan fingerprint density at radius 1 is 1.28 bits per heavy atom. The molecule has 0 saturated heterocycles. The molecule has 0 atom stereocenters. The quantitative estimate of drug-likeness (QED) is 0.397. The first-order valence-electron chi connectivity index (χ1n) is 7.68. The highest BCUT2D eigenvalue weighted by molar-refractivity contribution is 7.71. The van der Waals surface area contributed by atoms with Crippen LogP contribution < -0.4 is 5.73 Å². The van der Waals surface area contributed by atoms with Crippen molar-refractivity contribution < 1.29 is 4.79 Å². The normalized spacial score (nSPS) is 10.0. The summed E-state index contributed by atoms with van der Waals surface area (Å²) >= 11 is 10.7. The number of benzene rings is 2. The molecule has 0 amide bonds. The standard InChI is InChI=1S/C9H9ClO.C9H10N4S/c1-2-9(11)7-3-5-8(10)6-4-7;1-13-8(11-12-9(13)14)6-3-2-4-7(10)5-6/h3-6H,2H2,1H3;2-5H,10H2,1H3,(H,12,14). The summed E-state index contributed by atoms with van der Waals surface area (Å²) in [4.78, 5) is 11.1. The molecule has 25 heavy (non-hydrogen) atoms. The van der Waals surface area contributed by atoms with Crippen LogP contribution in [0.3, 0.4) is 0 Å². The summed E-state index contributed by atoms with van der Waals surface area (Å²) in [7, 11) is 1.87.